The number of benzene rings is 3. The molecule has 0 aliphatic heterocycles. The van der Waals surface area contributed by atoms with Gasteiger partial charge in [0, 0.05) is 32.1 Å². The lowest BCUT2D eigenvalue weighted by molar-refractivity contribution is 0.145. The standard InChI is InChI=1S/C21H14BrClO/c22-14-13-21(24,19-7-4-8-20(23)15-19)18-11-9-17(10-12-18)16-5-2-1-3-6-16/h1-12,15,24H. The van der Waals surface area contributed by atoms with Crippen LogP contribution in [0, 0.1) is 10.8 Å². The van der Waals surface area contributed by atoms with E-state index in [2.05, 4.69) is 38.8 Å². The fourth-order valence-corrected chi connectivity index (χ4v) is 3.10. The summed E-state index contributed by atoms with van der Waals surface area (Å²) in [5.41, 5.74) is 2.11. The van der Waals surface area contributed by atoms with Crippen LogP contribution in [0.2, 0.25) is 5.02 Å². The summed E-state index contributed by atoms with van der Waals surface area (Å²) >= 11 is 9.17. The topological polar surface area (TPSA) is 20.2 Å². The van der Waals surface area contributed by atoms with Crippen LogP contribution in [0.3, 0.4) is 0 Å². The second-order valence-corrected chi connectivity index (χ2v) is 6.22. The lowest BCUT2D eigenvalue weighted by atomic mass is 9.86. The third-order valence-electron chi connectivity index (χ3n) is 3.88. The molecule has 1 atom stereocenters. The molecule has 3 heteroatoms. The predicted octanol–water partition coefficient (Wildman–Crippen LogP) is 5.60. The molecule has 118 valence electrons. The van der Waals surface area contributed by atoms with Gasteiger partial charge in [-0.2, -0.15) is 0 Å². The highest BCUT2D eigenvalue weighted by Gasteiger charge is 2.29. The molecule has 0 fully saturated rings. The first-order valence-corrected chi connectivity index (χ1v) is 8.58. The minimum Gasteiger partial charge on any atom is -0.369 e. The molecule has 1 N–H and O–H groups in total. The highest BCUT2D eigenvalue weighted by Crippen LogP contribution is 2.32. The van der Waals surface area contributed by atoms with E-state index in [9.17, 15) is 5.11 Å². The van der Waals surface area contributed by atoms with Gasteiger partial charge in [-0.25, -0.2) is 0 Å². The molecule has 3 rings (SSSR count). The molecule has 0 aliphatic carbocycles. The summed E-state index contributed by atoms with van der Waals surface area (Å²) in [6.07, 6.45) is 0. The first-order chi connectivity index (χ1) is 11.6. The Hall–Kier alpha value is -2.05. The smallest absolute Gasteiger partial charge is 0.177 e. The van der Waals surface area contributed by atoms with Gasteiger partial charge in [-0.3, -0.25) is 0 Å². The molecule has 0 heterocycles. The fraction of sp³-hybridized carbons (Fsp3) is 0.0476. The molecule has 0 saturated heterocycles. The highest BCUT2D eigenvalue weighted by molar-refractivity contribution is 9.12. The van der Waals surface area contributed by atoms with Gasteiger partial charge in [-0.1, -0.05) is 78.3 Å². The Balaban J connectivity index is 2.05. The van der Waals surface area contributed by atoms with E-state index in [-0.39, 0.29) is 0 Å². The zero-order valence-electron chi connectivity index (χ0n) is 12.7. The van der Waals surface area contributed by atoms with Crippen LogP contribution in [-0.2, 0) is 5.60 Å². The molecular weight excluding hydrogens is 384 g/mol. The second kappa shape index (κ2) is 7.23. The summed E-state index contributed by atoms with van der Waals surface area (Å²) in [6.45, 7) is 0. The molecule has 0 spiro atoms. The molecule has 1 nitrogen and oxygen atoms in total. The molecule has 3 aromatic rings. The second-order valence-electron chi connectivity index (χ2n) is 5.38. The van der Waals surface area contributed by atoms with Crippen molar-refractivity contribution in [3.8, 4) is 21.9 Å². The van der Waals surface area contributed by atoms with Gasteiger partial charge in [0.2, 0.25) is 0 Å². The van der Waals surface area contributed by atoms with Crippen molar-refractivity contribution >= 4 is 27.5 Å². The van der Waals surface area contributed by atoms with E-state index in [1.165, 1.54) is 0 Å². The Morgan fingerprint density at radius 2 is 1.46 bits per heavy atom. The molecule has 0 aliphatic rings. The highest BCUT2D eigenvalue weighted by atomic mass is 79.9. The number of hydrogen-bond donors (Lipinski definition) is 1. The molecule has 0 bridgehead atoms. The molecule has 1 unspecified atom stereocenters. The lowest BCUT2D eigenvalue weighted by Crippen LogP contribution is -2.25. The van der Waals surface area contributed by atoms with E-state index >= 15 is 0 Å². The summed E-state index contributed by atoms with van der Waals surface area (Å²) in [7, 11) is 0. The molecule has 0 amide bonds. The van der Waals surface area contributed by atoms with Crippen LogP contribution in [0.25, 0.3) is 11.1 Å². The van der Waals surface area contributed by atoms with Gasteiger partial charge >= 0.3 is 0 Å². The van der Waals surface area contributed by atoms with E-state index in [1.807, 2.05) is 48.5 Å². The Morgan fingerprint density at radius 1 is 0.792 bits per heavy atom. The van der Waals surface area contributed by atoms with Crippen molar-refractivity contribution < 1.29 is 5.11 Å². The maximum absolute atomic E-state index is 11.2. The van der Waals surface area contributed by atoms with Crippen LogP contribution < -0.4 is 0 Å². The van der Waals surface area contributed by atoms with Gasteiger partial charge in [0.15, 0.2) is 5.60 Å². The van der Waals surface area contributed by atoms with Crippen LogP contribution in [-0.4, -0.2) is 5.11 Å². The fourth-order valence-electron chi connectivity index (χ4n) is 2.63. The van der Waals surface area contributed by atoms with Gasteiger partial charge < -0.3 is 5.11 Å². The summed E-state index contributed by atoms with van der Waals surface area (Å²) in [6, 6.07) is 25.0. The maximum Gasteiger partial charge on any atom is 0.177 e. The Bertz CT molecular complexity index is 894. The zero-order chi connectivity index (χ0) is 17.0. The van der Waals surface area contributed by atoms with Crippen LogP contribution in [0.4, 0.5) is 0 Å². The van der Waals surface area contributed by atoms with Gasteiger partial charge in [0.05, 0.1) is 0 Å². The average Bonchev–Trinajstić information content (AvgIpc) is 2.63. The van der Waals surface area contributed by atoms with Crippen LogP contribution in [0.15, 0.2) is 78.9 Å². The number of hydrogen-bond acceptors (Lipinski definition) is 1. The van der Waals surface area contributed by atoms with E-state index in [0.29, 0.717) is 16.1 Å². The van der Waals surface area contributed by atoms with Gasteiger partial charge in [0.25, 0.3) is 0 Å². The molecule has 0 saturated carbocycles. The summed E-state index contributed by atoms with van der Waals surface area (Å²) in [5, 5.41) is 11.7. The molecule has 24 heavy (non-hydrogen) atoms. The van der Waals surface area contributed by atoms with E-state index in [1.54, 1.807) is 18.2 Å². The summed E-state index contributed by atoms with van der Waals surface area (Å²) < 4.78 is 0. The third kappa shape index (κ3) is 3.39. The summed E-state index contributed by atoms with van der Waals surface area (Å²) in [5.74, 6) is 2.84. The van der Waals surface area contributed by atoms with Crippen molar-refractivity contribution in [2.45, 2.75) is 5.60 Å². The maximum atomic E-state index is 11.2. The zero-order valence-corrected chi connectivity index (χ0v) is 15.1. The minimum atomic E-state index is -1.43. The van der Waals surface area contributed by atoms with Crippen molar-refractivity contribution in [2.75, 3.05) is 0 Å². The molecular formula is C21H14BrClO. The SMILES string of the molecule is OC(C#CBr)(c1ccc(-c2ccccc2)cc1)c1cccc(Cl)c1. The van der Waals surface area contributed by atoms with Gasteiger partial charge in [0.1, 0.15) is 0 Å². The van der Waals surface area contributed by atoms with Crippen molar-refractivity contribution in [2.24, 2.45) is 0 Å². The van der Waals surface area contributed by atoms with E-state index < -0.39 is 5.60 Å². The number of rotatable bonds is 3. The lowest BCUT2D eigenvalue weighted by Gasteiger charge is -2.24. The van der Waals surface area contributed by atoms with Crippen molar-refractivity contribution in [3.63, 3.8) is 0 Å². The van der Waals surface area contributed by atoms with Crippen LogP contribution in [0.5, 0.6) is 0 Å². The Morgan fingerprint density at radius 3 is 2.08 bits per heavy atom. The first-order valence-electron chi connectivity index (χ1n) is 7.40. The largest absolute Gasteiger partial charge is 0.369 e. The predicted molar refractivity (Wildman–Crippen MR) is 103 cm³/mol. The monoisotopic (exact) mass is 396 g/mol. The first kappa shape index (κ1) is 16.8. The van der Waals surface area contributed by atoms with E-state index in [0.717, 1.165) is 11.1 Å². The van der Waals surface area contributed by atoms with Crippen molar-refractivity contribution in [1.82, 2.24) is 0 Å². The molecule has 0 radical (unpaired) electrons. The Labute approximate surface area is 155 Å². The molecule has 3 aromatic carbocycles. The third-order valence-corrected chi connectivity index (χ3v) is 4.31. The van der Waals surface area contributed by atoms with E-state index in [4.69, 9.17) is 11.6 Å². The number of aliphatic hydroxyl groups is 1. The molecule has 0 aromatic heterocycles. The van der Waals surface area contributed by atoms with Crippen LogP contribution in [0.1, 0.15) is 11.1 Å². The minimum absolute atomic E-state index is 0.559. The normalized spacial score (nSPS) is 12.8. The van der Waals surface area contributed by atoms with Crippen molar-refractivity contribution in [1.29, 1.82) is 0 Å². The van der Waals surface area contributed by atoms with Gasteiger partial charge in [-0.05, 0) is 34.0 Å². The quantitative estimate of drug-likeness (QED) is 0.570. The Kier molecular flexibility index (Phi) is 5.06. The summed E-state index contributed by atoms with van der Waals surface area (Å²) in [4.78, 5) is 2.64. The average molecular weight is 398 g/mol. The van der Waals surface area contributed by atoms with Crippen molar-refractivity contribution in [3.05, 3.63) is 95.0 Å². The van der Waals surface area contributed by atoms with Crippen LogP contribution >= 0.6 is 27.5 Å². The van der Waals surface area contributed by atoms with Gasteiger partial charge in [-0.15, -0.1) is 0 Å². The number of halogens is 2.